The van der Waals surface area contributed by atoms with Crippen molar-refractivity contribution in [3.05, 3.63) is 57.6 Å². The Labute approximate surface area is 153 Å². The van der Waals surface area contributed by atoms with Crippen molar-refractivity contribution in [2.75, 3.05) is 21.3 Å². The second kappa shape index (κ2) is 9.05. The number of benzene rings is 2. The van der Waals surface area contributed by atoms with Crippen molar-refractivity contribution in [2.45, 2.75) is 25.9 Å². The lowest BCUT2D eigenvalue weighted by molar-refractivity contribution is -0.384. The van der Waals surface area contributed by atoms with Gasteiger partial charge in [-0.05, 0) is 29.7 Å². The van der Waals surface area contributed by atoms with E-state index >= 15 is 0 Å². The summed E-state index contributed by atoms with van der Waals surface area (Å²) < 4.78 is 16.1. The average Bonchev–Trinajstić information content (AvgIpc) is 2.67. The van der Waals surface area contributed by atoms with Gasteiger partial charge in [0.1, 0.15) is 0 Å². The van der Waals surface area contributed by atoms with Crippen LogP contribution in [0.25, 0.3) is 0 Å². The summed E-state index contributed by atoms with van der Waals surface area (Å²) in [5, 5.41) is 14.4. The second-order valence-corrected chi connectivity index (χ2v) is 5.73. The summed E-state index contributed by atoms with van der Waals surface area (Å²) in [4.78, 5) is 10.6. The van der Waals surface area contributed by atoms with Crippen LogP contribution in [0.15, 0.2) is 36.4 Å². The van der Waals surface area contributed by atoms with E-state index < -0.39 is 0 Å². The number of hydrogen-bond acceptors (Lipinski definition) is 6. The third kappa shape index (κ3) is 4.43. The molecule has 0 fully saturated rings. The van der Waals surface area contributed by atoms with E-state index in [0.717, 1.165) is 17.5 Å². The second-order valence-electron chi connectivity index (χ2n) is 5.73. The number of nitrogens with zero attached hydrogens (tertiary/aromatic N) is 1. The molecule has 0 saturated heterocycles. The van der Waals surface area contributed by atoms with Crippen molar-refractivity contribution in [1.29, 1.82) is 0 Å². The molecule has 1 atom stereocenters. The van der Waals surface area contributed by atoms with Crippen LogP contribution in [0.2, 0.25) is 0 Å². The van der Waals surface area contributed by atoms with Gasteiger partial charge >= 0.3 is 0 Å². The van der Waals surface area contributed by atoms with Gasteiger partial charge in [-0.1, -0.05) is 19.1 Å². The van der Waals surface area contributed by atoms with Crippen molar-refractivity contribution >= 4 is 5.69 Å². The normalized spacial score (nSPS) is 11.7. The zero-order valence-electron chi connectivity index (χ0n) is 15.4. The smallest absolute Gasteiger partial charge is 0.269 e. The molecule has 0 aliphatic carbocycles. The van der Waals surface area contributed by atoms with E-state index in [0.29, 0.717) is 23.8 Å². The Balaban J connectivity index is 2.20. The zero-order valence-corrected chi connectivity index (χ0v) is 15.4. The maximum absolute atomic E-state index is 11.0. The minimum Gasteiger partial charge on any atom is -0.493 e. The van der Waals surface area contributed by atoms with E-state index in [-0.39, 0.29) is 16.7 Å². The van der Waals surface area contributed by atoms with Gasteiger partial charge in [0.2, 0.25) is 5.75 Å². The van der Waals surface area contributed by atoms with Crippen molar-refractivity contribution < 1.29 is 19.1 Å². The van der Waals surface area contributed by atoms with Crippen LogP contribution in [0.5, 0.6) is 17.2 Å². The number of nitro groups is 1. The van der Waals surface area contributed by atoms with E-state index in [2.05, 4.69) is 5.32 Å². The van der Waals surface area contributed by atoms with Crippen molar-refractivity contribution in [2.24, 2.45) is 0 Å². The average molecular weight is 360 g/mol. The van der Waals surface area contributed by atoms with Crippen LogP contribution in [0.1, 0.15) is 30.5 Å². The molecular formula is C19H24N2O5. The Morgan fingerprint density at radius 1 is 1.08 bits per heavy atom. The lowest BCUT2D eigenvalue weighted by atomic mass is 10.0. The molecule has 0 bridgehead atoms. The van der Waals surface area contributed by atoms with Crippen molar-refractivity contribution in [3.63, 3.8) is 0 Å². The highest BCUT2D eigenvalue weighted by atomic mass is 16.6. The maximum Gasteiger partial charge on any atom is 0.269 e. The van der Waals surface area contributed by atoms with Gasteiger partial charge in [-0.15, -0.1) is 0 Å². The summed E-state index contributed by atoms with van der Waals surface area (Å²) >= 11 is 0. The number of nitrogens with one attached hydrogen (secondary N) is 1. The molecule has 2 aromatic carbocycles. The molecule has 0 heterocycles. The monoisotopic (exact) mass is 360 g/mol. The van der Waals surface area contributed by atoms with Crippen molar-refractivity contribution in [3.8, 4) is 17.2 Å². The molecule has 2 aromatic rings. The predicted molar refractivity (Wildman–Crippen MR) is 99.1 cm³/mol. The molecule has 26 heavy (non-hydrogen) atoms. The van der Waals surface area contributed by atoms with Gasteiger partial charge < -0.3 is 19.5 Å². The molecule has 1 N–H and O–H groups in total. The SMILES string of the molecule is CCC(NCc1cc(OC)c(OC)c(OC)c1)c1cccc([N+](=O)[O-])c1. The van der Waals surface area contributed by atoms with Gasteiger partial charge in [-0.2, -0.15) is 0 Å². The van der Waals surface area contributed by atoms with E-state index in [9.17, 15) is 10.1 Å². The third-order valence-corrected chi connectivity index (χ3v) is 4.17. The van der Waals surface area contributed by atoms with E-state index in [1.165, 1.54) is 6.07 Å². The Bertz CT molecular complexity index is 738. The number of methoxy groups -OCH3 is 3. The molecule has 0 radical (unpaired) electrons. The van der Waals surface area contributed by atoms with Crippen molar-refractivity contribution in [1.82, 2.24) is 5.32 Å². The third-order valence-electron chi connectivity index (χ3n) is 4.17. The quantitative estimate of drug-likeness (QED) is 0.540. The van der Waals surface area contributed by atoms with Gasteiger partial charge in [-0.3, -0.25) is 10.1 Å². The Hall–Kier alpha value is -2.80. The van der Waals surface area contributed by atoms with Crippen LogP contribution in [0.4, 0.5) is 5.69 Å². The van der Waals surface area contributed by atoms with E-state index in [1.807, 2.05) is 25.1 Å². The molecule has 0 aliphatic heterocycles. The summed E-state index contributed by atoms with van der Waals surface area (Å²) in [5.74, 6) is 1.73. The number of nitro benzene ring substituents is 1. The standard InChI is InChI=1S/C19H24N2O5/c1-5-16(14-7-6-8-15(11-14)21(22)23)20-12-13-9-17(24-2)19(26-4)18(10-13)25-3/h6-11,16,20H,5,12H2,1-4H3. The fourth-order valence-corrected chi connectivity index (χ4v) is 2.83. The summed E-state index contributed by atoms with van der Waals surface area (Å²) in [6.07, 6.45) is 0.797. The first kappa shape index (κ1) is 19.5. The molecule has 0 amide bonds. The highest BCUT2D eigenvalue weighted by molar-refractivity contribution is 5.53. The van der Waals surface area contributed by atoms with E-state index in [1.54, 1.807) is 33.5 Å². The Morgan fingerprint density at radius 3 is 2.23 bits per heavy atom. The minimum absolute atomic E-state index is 0.00556. The van der Waals surface area contributed by atoms with Crippen LogP contribution in [0, 0.1) is 10.1 Å². The molecule has 2 rings (SSSR count). The van der Waals surface area contributed by atoms with E-state index in [4.69, 9.17) is 14.2 Å². The molecular weight excluding hydrogens is 336 g/mol. The van der Waals surface area contributed by atoms with Crippen LogP contribution in [-0.2, 0) is 6.54 Å². The molecule has 140 valence electrons. The Morgan fingerprint density at radius 2 is 1.73 bits per heavy atom. The molecule has 7 heteroatoms. The summed E-state index contributed by atoms with van der Waals surface area (Å²) in [7, 11) is 4.71. The summed E-state index contributed by atoms with van der Waals surface area (Å²) in [6.45, 7) is 2.59. The van der Waals surface area contributed by atoms with Gasteiger partial charge in [-0.25, -0.2) is 0 Å². The molecule has 7 nitrogen and oxygen atoms in total. The van der Waals surface area contributed by atoms with Gasteiger partial charge in [0.15, 0.2) is 11.5 Å². The largest absolute Gasteiger partial charge is 0.493 e. The van der Waals surface area contributed by atoms with Gasteiger partial charge in [0.25, 0.3) is 5.69 Å². The molecule has 0 saturated carbocycles. The Kier molecular flexibility index (Phi) is 6.80. The van der Waals surface area contributed by atoms with Crippen LogP contribution in [-0.4, -0.2) is 26.3 Å². The lowest BCUT2D eigenvalue weighted by Gasteiger charge is -2.19. The number of rotatable bonds is 9. The van der Waals surface area contributed by atoms with Gasteiger partial charge in [0, 0.05) is 24.7 Å². The maximum atomic E-state index is 11.0. The zero-order chi connectivity index (χ0) is 19.1. The number of non-ortho nitro benzene ring substituents is 1. The lowest BCUT2D eigenvalue weighted by Crippen LogP contribution is -2.20. The summed E-state index contributed by atoms with van der Waals surface area (Å²) in [5.41, 5.74) is 1.94. The fraction of sp³-hybridized carbons (Fsp3) is 0.368. The summed E-state index contributed by atoms with van der Waals surface area (Å²) in [6, 6.07) is 10.5. The van der Waals surface area contributed by atoms with Crippen LogP contribution < -0.4 is 19.5 Å². The fourth-order valence-electron chi connectivity index (χ4n) is 2.83. The predicted octanol–water partition coefficient (Wildman–Crippen LogP) is 3.86. The minimum atomic E-state index is -0.380. The first-order chi connectivity index (χ1) is 12.5. The number of hydrogen-bond donors (Lipinski definition) is 1. The molecule has 0 aromatic heterocycles. The highest BCUT2D eigenvalue weighted by Gasteiger charge is 2.16. The molecule has 0 aliphatic rings. The topological polar surface area (TPSA) is 82.9 Å². The number of ether oxygens (including phenoxy) is 3. The molecule has 0 spiro atoms. The molecule has 1 unspecified atom stereocenters. The highest BCUT2D eigenvalue weighted by Crippen LogP contribution is 2.38. The van der Waals surface area contributed by atoms with Crippen LogP contribution >= 0.6 is 0 Å². The first-order valence-electron chi connectivity index (χ1n) is 8.30. The first-order valence-corrected chi connectivity index (χ1v) is 8.30. The van der Waals surface area contributed by atoms with Gasteiger partial charge in [0.05, 0.1) is 26.3 Å². The van der Waals surface area contributed by atoms with Crippen LogP contribution in [0.3, 0.4) is 0 Å².